The molecule has 0 amide bonds. The molecule has 14 nitrogen and oxygen atoms in total. The molecule has 6 N–H and O–H groups in total. The lowest BCUT2D eigenvalue weighted by Gasteiger charge is -2.47. The van der Waals surface area contributed by atoms with Gasteiger partial charge in [-0.05, 0) is 13.0 Å². The zero-order valence-corrected chi connectivity index (χ0v) is 25.7. The van der Waals surface area contributed by atoms with E-state index in [1.807, 2.05) is 4.90 Å². The molecule has 0 unspecified atom stereocenters. The molecule has 4 aliphatic rings. The Balaban J connectivity index is 1.42. The smallest absolute Gasteiger partial charge is 0.202 e. The molecule has 2 aromatic carbocycles. The molecule has 250 valence electrons. The third-order valence-corrected chi connectivity index (χ3v) is 9.69. The Morgan fingerprint density at radius 1 is 1.09 bits per heavy atom. The summed E-state index contributed by atoms with van der Waals surface area (Å²) < 4.78 is 28.6. The number of carbonyl (C=O) groups excluding carboxylic acids is 2. The van der Waals surface area contributed by atoms with Crippen LogP contribution in [0.1, 0.15) is 68.8 Å². The van der Waals surface area contributed by atoms with E-state index in [0.717, 1.165) is 0 Å². The Morgan fingerprint density at radius 3 is 2.52 bits per heavy atom. The number of aliphatic hydroxyl groups excluding tert-OH is 3. The standard InChI is InChI=1S/C32H39NO13/c1-14-27(36)17(33-7-8-44-22(12-33)43-3)9-21(45-14)46-19-11-32(41,20(35)13-34)10-16-24(19)31(40)26-25(29(16)38)28(37)15-5-4-6-18(42-2)23(15)30(26)39/h4-6,14,17,19-22,27,34-36,38,40-41H,7-13H2,1-3H3/t14-,17-,19-,20-,21-,22-,27+,32-/m0/s1. The van der Waals surface area contributed by atoms with Crippen molar-refractivity contribution in [1.29, 1.82) is 0 Å². The minimum atomic E-state index is -2.07. The van der Waals surface area contributed by atoms with Gasteiger partial charge in [0.05, 0.1) is 60.9 Å². The maximum atomic E-state index is 13.9. The predicted octanol–water partition coefficient (Wildman–Crippen LogP) is 0.139. The zero-order chi connectivity index (χ0) is 33.1. The molecule has 2 heterocycles. The van der Waals surface area contributed by atoms with Crippen LogP contribution in [0.4, 0.5) is 0 Å². The number of phenolic OH excluding ortho intramolecular Hbond substituents is 2. The summed E-state index contributed by atoms with van der Waals surface area (Å²) in [6.07, 6.45) is -6.79. The van der Waals surface area contributed by atoms with Crippen LogP contribution in [0.5, 0.6) is 17.2 Å². The van der Waals surface area contributed by atoms with Crippen molar-refractivity contribution in [1.82, 2.24) is 4.90 Å². The van der Waals surface area contributed by atoms with E-state index in [4.69, 9.17) is 23.7 Å². The molecule has 2 aromatic rings. The third kappa shape index (κ3) is 5.27. The highest BCUT2D eigenvalue weighted by Crippen LogP contribution is 2.53. The number of nitrogens with zero attached hydrogens (tertiary/aromatic N) is 1. The largest absolute Gasteiger partial charge is 0.507 e. The van der Waals surface area contributed by atoms with Gasteiger partial charge < -0.3 is 54.3 Å². The second-order valence-corrected chi connectivity index (χ2v) is 12.3. The molecule has 2 aliphatic carbocycles. The fourth-order valence-electron chi connectivity index (χ4n) is 7.23. The molecule has 14 heteroatoms. The lowest BCUT2D eigenvalue weighted by atomic mass is 9.71. The molecule has 0 spiro atoms. The summed E-state index contributed by atoms with van der Waals surface area (Å²) in [5, 5.41) is 66.4. The number of rotatable bonds is 7. The Hall–Kier alpha value is -3.18. The van der Waals surface area contributed by atoms with Gasteiger partial charge in [-0.1, -0.05) is 12.1 Å². The van der Waals surface area contributed by atoms with E-state index < -0.39 is 95.9 Å². The van der Waals surface area contributed by atoms with Crippen molar-refractivity contribution in [3.8, 4) is 17.2 Å². The maximum Gasteiger partial charge on any atom is 0.202 e. The second-order valence-electron chi connectivity index (χ2n) is 12.3. The molecular weight excluding hydrogens is 606 g/mol. The Bertz CT molecular complexity index is 1530. The van der Waals surface area contributed by atoms with Gasteiger partial charge in [0, 0.05) is 62.2 Å². The van der Waals surface area contributed by atoms with Crippen molar-refractivity contribution >= 4 is 11.6 Å². The summed E-state index contributed by atoms with van der Waals surface area (Å²) in [6.45, 7) is 2.12. The number of ether oxygens (including phenoxy) is 5. The highest BCUT2D eigenvalue weighted by molar-refractivity contribution is 6.31. The van der Waals surface area contributed by atoms with Gasteiger partial charge in [-0.3, -0.25) is 14.5 Å². The summed E-state index contributed by atoms with van der Waals surface area (Å²) in [6, 6.07) is 3.98. The van der Waals surface area contributed by atoms with Gasteiger partial charge in [0.15, 0.2) is 18.4 Å². The maximum absolute atomic E-state index is 13.9. The Labute approximate surface area is 264 Å². The predicted molar refractivity (Wildman–Crippen MR) is 157 cm³/mol. The summed E-state index contributed by atoms with van der Waals surface area (Å²) >= 11 is 0. The molecule has 0 bridgehead atoms. The van der Waals surface area contributed by atoms with Gasteiger partial charge in [-0.2, -0.15) is 0 Å². The van der Waals surface area contributed by atoms with E-state index in [2.05, 4.69) is 0 Å². The van der Waals surface area contributed by atoms with Crippen LogP contribution in [0.3, 0.4) is 0 Å². The van der Waals surface area contributed by atoms with Crippen LogP contribution in [0.15, 0.2) is 18.2 Å². The van der Waals surface area contributed by atoms with Crippen LogP contribution in [0.2, 0.25) is 0 Å². The highest BCUT2D eigenvalue weighted by Gasteiger charge is 2.50. The van der Waals surface area contributed by atoms with Gasteiger partial charge in [-0.25, -0.2) is 0 Å². The SMILES string of the molecule is COc1cccc2c1C(=O)c1c(O)c3c(c(O)c1C2=O)C[C@@](O)([C@@H](O)CO)C[C@@H]3O[C@H]1C[C@H](N2CCO[C@H](OC)C2)[C@H](O)[C@H](C)O1. The molecule has 46 heavy (non-hydrogen) atoms. The van der Waals surface area contributed by atoms with Crippen molar-refractivity contribution < 1.29 is 63.9 Å². The first-order chi connectivity index (χ1) is 21.9. The number of aromatic hydroxyl groups is 2. The molecule has 0 radical (unpaired) electrons. The number of hydrogen-bond acceptors (Lipinski definition) is 14. The molecule has 0 aromatic heterocycles. The first-order valence-electron chi connectivity index (χ1n) is 15.2. The van der Waals surface area contributed by atoms with Crippen LogP contribution in [0.25, 0.3) is 0 Å². The average Bonchev–Trinajstić information content (AvgIpc) is 3.05. The normalized spacial score (nSPS) is 32.0. The van der Waals surface area contributed by atoms with Crippen molar-refractivity contribution in [2.24, 2.45) is 0 Å². The molecule has 8 atom stereocenters. The first kappa shape index (κ1) is 32.7. The van der Waals surface area contributed by atoms with Crippen molar-refractivity contribution in [3.63, 3.8) is 0 Å². The van der Waals surface area contributed by atoms with E-state index in [9.17, 15) is 40.2 Å². The highest BCUT2D eigenvalue weighted by atomic mass is 16.7. The van der Waals surface area contributed by atoms with E-state index in [-0.39, 0.29) is 40.8 Å². The lowest BCUT2D eigenvalue weighted by molar-refractivity contribution is -0.269. The third-order valence-electron chi connectivity index (χ3n) is 9.69. The molecule has 0 saturated carbocycles. The number of fused-ring (bicyclic) bond motifs is 3. The average molecular weight is 646 g/mol. The van der Waals surface area contributed by atoms with Gasteiger partial charge in [-0.15, -0.1) is 0 Å². The number of carbonyl (C=O) groups is 2. The van der Waals surface area contributed by atoms with Crippen LogP contribution in [-0.2, 0) is 25.4 Å². The molecular formula is C32H39NO13. The van der Waals surface area contributed by atoms with Crippen molar-refractivity contribution in [3.05, 3.63) is 51.6 Å². The van der Waals surface area contributed by atoms with E-state index in [0.29, 0.717) is 19.7 Å². The topological polar surface area (TPSA) is 205 Å². The number of aliphatic hydroxyl groups is 4. The van der Waals surface area contributed by atoms with Gasteiger partial charge in [0.25, 0.3) is 0 Å². The summed E-state index contributed by atoms with van der Waals surface area (Å²) in [4.78, 5) is 29.6. The van der Waals surface area contributed by atoms with Crippen LogP contribution in [0, 0.1) is 0 Å². The quantitative estimate of drug-likeness (QED) is 0.189. The fourth-order valence-corrected chi connectivity index (χ4v) is 7.23. The Morgan fingerprint density at radius 2 is 1.83 bits per heavy atom. The Kier molecular flexibility index (Phi) is 8.86. The molecule has 2 aliphatic heterocycles. The lowest BCUT2D eigenvalue weighted by Crippen LogP contribution is -2.59. The van der Waals surface area contributed by atoms with E-state index in [1.165, 1.54) is 32.4 Å². The van der Waals surface area contributed by atoms with Gasteiger partial charge >= 0.3 is 0 Å². The zero-order valence-electron chi connectivity index (χ0n) is 25.7. The number of ketones is 2. The summed E-state index contributed by atoms with van der Waals surface area (Å²) in [5.74, 6) is -2.66. The fraction of sp³-hybridized carbons (Fsp3) is 0.562. The number of phenols is 2. The minimum absolute atomic E-state index is 0.0335. The van der Waals surface area contributed by atoms with Crippen molar-refractivity contribution in [2.45, 2.75) is 74.8 Å². The summed E-state index contributed by atoms with van der Waals surface area (Å²) in [7, 11) is 2.87. The second kappa shape index (κ2) is 12.4. The van der Waals surface area contributed by atoms with Gasteiger partial charge in [0.2, 0.25) is 5.78 Å². The minimum Gasteiger partial charge on any atom is -0.507 e. The van der Waals surface area contributed by atoms with Crippen LogP contribution in [-0.4, -0.2) is 130 Å². The molecule has 2 fully saturated rings. The molecule has 6 rings (SSSR count). The number of hydrogen-bond donors (Lipinski definition) is 6. The molecule has 2 saturated heterocycles. The number of benzene rings is 2. The number of morpholine rings is 1. The van der Waals surface area contributed by atoms with Crippen LogP contribution < -0.4 is 4.74 Å². The van der Waals surface area contributed by atoms with E-state index >= 15 is 0 Å². The van der Waals surface area contributed by atoms with Crippen LogP contribution >= 0.6 is 0 Å². The summed E-state index contributed by atoms with van der Waals surface area (Å²) in [5.41, 5.74) is -3.24. The monoisotopic (exact) mass is 645 g/mol. The number of methoxy groups -OCH3 is 2. The first-order valence-corrected chi connectivity index (χ1v) is 15.2. The van der Waals surface area contributed by atoms with Gasteiger partial charge in [0.1, 0.15) is 23.4 Å². The van der Waals surface area contributed by atoms with E-state index in [1.54, 1.807) is 6.92 Å². The van der Waals surface area contributed by atoms with Crippen molar-refractivity contribution in [2.75, 3.05) is 40.5 Å².